The Hall–Kier alpha value is -2.37. The van der Waals surface area contributed by atoms with Crippen LogP contribution in [0.3, 0.4) is 0 Å². The number of amides is 3. The molecular formula is C20H29N3O3. The molecule has 1 heterocycles. The molecule has 142 valence electrons. The molecule has 1 aliphatic rings. The molecule has 26 heavy (non-hydrogen) atoms. The van der Waals surface area contributed by atoms with Gasteiger partial charge >= 0.3 is 0 Å². The highest BCUT2D eigenvalue weighted by Crippen LogP contribution is 2.29. The van der Waals surface area contributed by atoms with Crippen molar-refractivity contribution >= 4 is 23.4 Å². The van der Waals surface area contributed by atoms with Crippen LogP contribution in [-0.4, -0.2) is 60.7 Å². The third-order valence-corrected chi connectivity index (χ3v) is 5.00. The van der Waals surface area contributed by atoms with Crippen molar-refractivity contribution in [3.63, 3.8) is 0 Å². The maximum atomic E-state index is 12.7. The Balaban J connectivity index is 2.05. The topological polar surface area (TPSA) is 60.9 Å². The molecule has 1 aromatic carbocycles. The van der Waals surface area contributed by atoms with Gasteiger partial charge in [-0.2, -0.15) is 0 Å². The van der Waals surface area contributed by atoms with E-state index in [9.17, 15) is 14.4 Å². The van der Waals surface area contributed by atoms with Crippen LogP contribution in [0.1, 0.15) is 32.8 Å². The SMILES string of the molecule is CCc1ccccc1N1CC(C(=O)N(C)CC(=O)N(CC)CC)CC1=O. The molecule has 2 rings (SSSR count). The van der Waals surface area contributed by atoms with Gasteiger partial charge in [0.2, 0.25) is 17.7 Å². The first kappa shape index (κ1) is 19.9. The van der Waals surface area contributed by atoms with Gasteiger partial charge in [-0.15, -0.1) is 0 Å². The van der Waals surface area contributed by atoms with Crippen molar-refractivity contribution in [2.24, 2.45) is 5.92 Å². The summed E-state index contributed by atoms with van der Waals surface area (Å²) in [6, 6.07) is 7.80. The minimum absolute atomic E-state index is 0.0345. The van der Waals surface area contributed by atoms with Gasteiger partial charge in [0.1, 0.15) is 0 Å². The number of hydrogen-bond donors (Lipinski definition) is 0. The lowest BCUT2D eigenvalue weighted by atomic mass is 10.1. The van der Waals surface area contributed by atoms with Crippen molar-refractivity contribution in [2.75, 3.05) is 38.1 Å². The van der Waals surface area contributed by atoms with E-state index >= 15 is 0 Å². The van der Waals surface area contributed by atoms with Crippen LogP contribution in [0.4, 0.5) is 5.69 Å². The molecule has 1 fully saturated rings. The first-order chi connectivity index (χ1) is 12.4. The Morgan fingerprint density at radius 3 is 2.42 bits per heavy atom. The summed E-state index contributed by atoms with van der Waals surface area (Å²) in [7, 11) is 1.64. The Morgan fingerprint density at radius 2 is 1.81 bits per heavy atom. The van der Waals surface area contributed by atoms with E-state index in [4.69, 9.17) is 0 Å². The number of likely N-dealkylation sites (N-methyl/N-ethyl adjacent to an activating group) is 2. The molecule has 0 aromatic heterocycles. The molecule has 0 spiro atoms. The second kappa shape index (κ2) is 8.83. The van der Waals surface area contributed by atoms with Gasteiger partial charge in [0, 0.05) is 38.8 Å². The van der Waals surface area contributed by atoms with Gasteiger partial charge in [-0.1, -0.05) is 25.1 Å². The van der Waals surface area contributed by atoms with Crippen LogP contribution < -0.4 is 4.90 Å². The number of aryl methyl sites for hydroxylation is 1. The van der Waals surface area contributed by atoms with Crippen molar-refractivity contribution in [3.8, 4) is 0 Å². The van der Waals surface area contributed by atoms with Gasteiger partial charge in [0.25, 0.3) is 0 Å². The van der Waals surface area contributed by atoms with Crippen molar-refractivity contribution in [3.05, 3.63) is 29.8 Å². The third-order valence-electron chi connectivity index (χ3n) is 5.00. The molecule has 6 nitrogen and oxygen atoms in total. The third kappa shape index (κ3) is 4.23. The quantitative estimate of drug-likeness (QED) is 0.747. The summed E-state index contributed by atoms with van der Waals surface area (Å²) in [6.45, 7) is 7.56. The predicted octanol–water partition coefficient (Wildman–Crippen LogP) is 1.93. The summed E-state index contributed by atoms with van der Waals surface area (Å²) < 4.78 is 0. The fourth-order valence-electron chi connectivity index (χ4n) is 3.45. The summed E-state index contributed by atoms with van der Waals surface area (Å²) >= 11 is 0. The number of anilines is 1. The minimum Gasteiger partial charge on any atom is -0.342 e. The number of rotatable bonds is 7. The van der Waals surface area contributed by atoms with E-state index < -0.39 is 5.92 Å². The standard InChI is InChI=1S/C20H29N3O3/c1-5-15-10-8-9-11-17(15)23-13-16(12-18(23)24)20(26)21(4)14-19(25)22(6-2)7-3/h8-11,16H,5-7,12-14H2,1-4H3. The lowest BCUT2D eigenvalue weighted by Gasteiger charge is -2.25. The number of hydrogen-bond acceptors (Lipinski definition) is 3. The van der Waals surface area contributed by atoms with Crippen molar-refractivity contribution in [1.82, 2.24) is 9.80 Å². The molecule has 1 atom stereocenters. The Kier molecular flexibility index (Phi) is 6.77. The minimum atomic E-state index is -0.401. The van der Waals surface area contributed by atoms with E-state index in [1.165, 1.54) is 4.90 Å². The first-order valence-corrected chi connectivity index (χ1v) is 9.33. The van der Waals surface area contributed by atoms with Crippen molar-refractivity contribution in [1.29, 1.82) is 0 Å². The highest BCUT2D eigenvalue weighted by atomic mass is 16.2. The maximum absolute atomic E-state index is 12.7. The van der Waals surface area contributed by atoms with Gasteiger partial charge in [-0.3, -0.25) is 14.4 Å². The lowest BCUT2D eigenvalue weighted by molar-refractivity contribution is -0.141. The van der Waals surface area contributed by atoms with E-state index in [0.717, 1.165) is 17.7 Å². The largest absolute Gasteiger partial charge is 0.342 e. The summed E-state index contributed by atoms with van der Waals surface area (Å²) in [5.41, 5.74) is 1.98. The summed E-state index contributed by atoms with van der Waals surface area (Å²) in [5.74, 6) is -0.645. The van der Waals surface area contributed by atoms with Crippen LogP contribution in [0.5, 0.6) is 0 Å². The summed E-state index contributed by atoms with van der Waals surface area (Å²) in [5, 5.41) is 0. The lowest BCUT2D eigenvalue weighted by Crippen LogP contribution is -2.43. The fourth-order valence-corrected chi connectivity index (χ4v) is 3.45. The normalized spacial score (nSPS) is 16.7. The number of nitrogens with zero attached hydrogens (tertiary/aromatic N) is 3. The molecule has 3 amide bonds. The van der Waals surface area contributed by atoms with Gasteiger partial charge < -0.3 is 14.7 Å². The van der Waals surface area contributed by atoms with Crippen molar-refractivity contribution < 1.29 is 14.4 Å². The van der Waals surface area contributed by atoms with E-state index in [-0.39, 0.29) is 30.7 Å². The van der Waals surface area contributed by atoms with Gasteiger partial charge in [-0.25, -0.2) is 0 Å². The molecule has 0 bridgehead atoms. The molecule has 6 heteroatoms. The Bertz CT molecular complexity index is 670. The molecule has 1 saturated heterocycles. The summed E-state index contributed by atoms with van der Waals surface area (Å²) in [6.07, 6.45) is 1.03. The average Bonchev–Trinajstić information content (AvgIpc) is 3.03. The van der Waals surface area contributed by atoms with Gasteiger partial charge in [0.15, 0.2) is 0 Å². The summed E-state index contributed by atoms with van der Waals surface area (Å²) in [4.78, 5) is 42.3. The predicted molar refractivity (Wildman–Crippen MR) is 102 cm³/mol. The van der Waals surface area contributed by atoms with E-state index in [1.807, 2.05) is 38.1 Å². The Labute approximate surface area is 155 Å². The smallest absolute Gasteiger partial charge is 0.242 e. The van der Waals surface area contributed by atoms with Crippen molar-refractivity contribution in [2.45, 2.75) is 33.6 Å². The second-order valence-electron chi connectivity index (χ2n) is 6.65. The van der Waals surface area contributed by atoms with Crippen LogP contribution in [0.2, 0.25) is 0 Å². The van der Waals surface area contributed by atoms with Crippen LogP contribution in [-0.2, 0) is 20.8 Å². The number of benzene rings is 1. The number of carbonyl (C=O) groups excluding carboxylic acids is 3. The van der Waals surface area contributed by atoms with E-state index in [2.05, 4.69) is 6.92 Å². The maximum Gasteiger partial charge on any atom is 0.242 e. The van der Waals surface area contributed by atoms with E-state index in [1.54, 1.807) is 16.8 Å². The zero-order valence-corrected chi connectivity index (χ0v) is 16.2. The monoisotopic (exact) mass is 359 g/mol. The second-order valence-corrected chi connectivity index (χ2v) is 6.65. The van der Waals surface area contributed by atoms with Crippen LogP contribution in [0.15, 0.2) is 24.3 Å². The first-order valence-electron chi connectivity index (χ1n) is 9.33. The highest BCUT2D eigenvalue weighted by molar-refractivity contribution is 6.01. The molecular weight excluding hydrogens is 330 g/mol. The zero-order valence-electron chi connectivity index (χ0n) is 16.2. The molecule has 0 saturated carbocycles. The van der Waals surface area contributed by atoms with Gasteiger partial charge in [-0.05, 0) is 31.9 Å². The molecule has 0 radical (unpaired) electrons. The van der Waals surface area contributed by atoms with E-state index in [0.29, 0.717) is 19.6 Å². The van der Waals surface area contributed by atoms with Crippen LogP contribution >= 0.6 is 0 Å². The Morgan fingerprint density at radius 1 is 1.15 bits per heavy atom. The molecule has 1 aromatic rings. The van der Waals surface area contributed by atoms with Gasteiger partial charge in [0.05, 0.1) is 12.5 Å². The molecule has 1 aliphatic heterocycles. The number of carbonyl (C=O) groups is 3. The number of para-hydroxylation sites is 1. The highest BCUT2D eigenvalue weighted by Gasteiger charge is 2.37. The molecule has 0 aliphatic carbocycles. The zero-order chi connectivity index (χ0) is 19.3. The van der Waals surface area contributed by atoms with Crippen LogP contribution in [0.25, 0.3) is 0 Å². The average molecular weight is 359 g/mol. The molecule has 0 N–H and O–H groups in total. The fraction of sp³-hybridized carbons (Fsp3) is 0.550. The molecule has 1 unspecified atom stereocenters. The van der Waals surface area contributed by atoms with Crippen LogP contribution in [0, 0.1) is 5.92 Å².